The number of carbonyl (C=O) groups excluding carboxylic acids is 1. The van der Waals surface area contributed by atoms with Crippen LogP contribution in [0.15, 0.2) is 85.3 Å². The summed E-state index contributed by atoms with van der Waals surface area (Å²) >= 11 is 0. The Hall–Kier alpha value is -6.05. The van der Waals surface area contributed by atoms with Crippen molar-refractivity contribution in [2.45, 2.75) is 29.1 Å². The largest absolute Gasteiger partial charge is 0.477 e. The molecule has 0 spiro atoms. The number of carboxylic acids is 2. The van der Waals surface area contributed by atoms with Crippen molar-refractivity contribution in [3.05, 3.63) is 109 Å². The van der Waals surface area contributed by atoms with Crippen molar-refractivity contribution in [2.75, 3.05) is 13.1 Å². The van der Waals surface area contributed by atoms with Crippen LogP contribution >= 0.6 is 0 Å². The van der Waals surface area contributed by atoms with Crippen LogP contribution in [0.5, 0.6) is 0 Å². The van der Waals surface area contributed by atoms with Gasteiger partial charge in [0.25, 0.3) is 37.3 Å². The number of aromatic amines is 2. The molecule has 18 nitrogen and oxygen atoms in total. The second kappa shape index (κ2) is 14.1. The number of H-pyrrole nitrogens is 2. The van der Waals surface area contributed by atoms with E-state index in [0.717, 1.165) is 82.5 Å². The smallest absolute Gasteiger partial charge is 0.354 e. The van der Waals surface area contributed by atoms with E-state index in [0.29, 0.717) is 25.9 Å². The van der Waals surface area contributed by atoms with Gasteiger partial charge in [0.05, 0.1) is 37.9 Å². The standard InChI is InChI=1S/C31H27N5O13S2/c37-27(34-16-2-1-3-17-34)18(4-14-23-25(30(40)41)32-35(28(23)38)19-6-10-21(11-7-19)50(44,45)46)5-15-24-26(31(42)43)33-36(29(24)39)20-8-12-22(13-9-20)51(47,48)49/h4,6-15,32-33H,1-3,16-17H2,(H,40,41)(H,42,43)(H,44,45,46)(H,47,48,49). The monoisotopic (exact) mass is 741 g/mol. The molecule has 3 heterocycles. The summed E-state index contributed by atoms with van der Waals surface area (Å²) in [6.07, 6.45) is 5.24. The Morgan fingerprint density at radius 2 is 1.12 bits per heavy atom. The molecule has 1 aliphatic heterocycles. The third-order valence-corrected chi connectivity index (χ3v) is 9.46. The molecule has 5 rings (SSSR count). The third kappa shape index (κ3) is 7.74. The lowest BCUT2D eigenvalue weighted by molar-refractivity contribution is -0.127. The number of hydrogen-bond donors (Lipinski definition) is 6. The molecule has 0 aliphatic carbocycles. The molecule has 2 aromatic heterocycles. The molecule has 6 N–H and O–H groups in total. The maximum absolute atomic E-state index is 13.6. The molecule has 51 heavy (non-hydrogen) atoms. The van der Waals surface area contributed by atoms with Gasteiger partial charge in [0.2, 0.25) is 0 Å². The fourth-order valence-corrected chi connectivity index (χ4v) is 6.14. The molecule has 1 aliphatic rings. The lowest BCUT2D eigenvalue weighted by Crippen LogP contribution is -2.36. The number of aromatic nitrogens is 4. The molecule has 4 aromatic rings. The van der Waals surface area contributed by atoms with Crippen molar-refractivity contribution >= 4 is 50.2 Å². The van der Waals surface area contributed by atoms with Gasteiger partial charge in [-0.3, -0.25) is 33.7 Å². The number of piperidine rings is 1. The summed E-state index contributed by atoms with van der Waals surface area (Å²) in [7, 11) is -9.11. The van der Waals surface area contributed by atoms with E-state index in [4.69, 9.17) is 0 Å². The number of hydrogen-bond acceptors (Lipinski definition) is 9. The van der Waals surface area contributed by atoms with E-state index in [2.05, 4.69) is 15.9 Å². The Kier molecular flexibility index (Phi) is 9.99. The van der Waals surface area contributed by atoms with Crippen molar-refractivity contribution in [3.63, 3.8) is 0 Å². The van der Waals surface area contributed by atoms with E-state index in [9.17, 15) is 60.1 Å². The highest BCUT2D eigenvalue weighted by atomic mass is 32.2. The fraction of sp³-hybridized carbons (Fsp3) is 0.161. The number of carbonyl (C=O) groups is 3. The highest BCUT2D eigenvalue weighted by Gasteiger charge is 2.23. The van der Waals surface area contributed by atoms with Crippen LogP contribution in [0.3, 0.4) is 0 Å². The van der Waals surface area contributed by atoms with Gasteiger partial charge in [-0.05, 0) is 86.0 Å². The second-order valence-corrected chi connectivity index (χ2v) is 13.9. The lowest BCUT2D eigenvalue weighted by Gasteiger charge is -2.26. The molecule has 20 heteroatoms. The van der Waals surface area contributed by atoms with Crippen LogP contribution in [0.1, 0.15) is 51.4 Å². The van der Waals surface area contributed by atoms with Crippen molar-refractivity contribution in [3.8, 4) is 11.4 Å². The summed E-state index contributed by atoms with van der Waals surface area (Å²) < 4.78 is 65.7. The normalized spacial score (nSPS) is 13.6. The van der Waals surface area contributed by atoms with Crippen molar-refractivity contribution in [1.29, 1.82) is 0 Å². The molecule has 0 radical (unpaired) electrons. The molecule has 266 valence electrons. The van der Waals surface area contributed by atoms with E-state index in [1.54, 1.807) is 0 Å². The molecule has 0 bridgehead atoms. The SMILES string of the molecule is O=C(O)c1[nH]n(-c2ccc(S(=O)(=O)O)cc2)c(=O)c1C=C=C(C=Cc1c(C(=O)O)[nH]n(-c2ccc(S(=O)(=O)O)cc2)c1=O)C(=O)N1CCCCC1. The van der Waals surface area contributed by atoms with Gasteiger partial charge in [-0.1, -0.05) is 0 Å². The van der Waals surface area contributed by atoms with Crippen LogP contribution in [0, 0.1) is 0 Å². The topological polar surface area (TPSA) is 279 Å². The summed E-state index contributed by atoms with van der Waals surface area (Å²) in [5.41, 5.74) is -1.64. The first kappa shape index (κ1) is 36.2. The van der Waals surface area contributed by atoms with E-state index in [1.807, 2.05) is 0 Å². The predicted molar refractivity (Wildman–Crippen MR) is 177 cm³/mol. The molecule has 2 aromatic carbocycles. The summed E-state index contributed by atoms with van der Waals surface area (Å²) in [6.45, 7) is 0.706. The lowest BCUT2D eigenvalue weighted by atomic mass is 10.1. The molecule has 1 saturated heterocycles. The summed E-state index contributed by atoms with van der Waals surface area (Å²) in [4.78, 5) is 65.1. The summed E-state index contributed by atoms with van der Waals surface area (Å²) in [5, 5.41) is 24.4. The van der Waals surface area contributed by atoms with E-state index < -0.39 is 81.5 Å². The van der Waals surface area contributed by atoms with Crippen LogP contribution < -0.4 is 11.1 Å². The molecule has 1 fully saturated rings. The van der Waals surface area contributed by atoms with E-state index in [1.165, 1.54) is 4.90 Å². The number of nitrogens with zero attached hydrogens (tertiary/aromatic N) is 3. The zero-order chi connectivity index (χ0) is 37.2. The van der Waals surface area contributed by atoms with Gasteiger partial charge < -0.3 is 15.1 Å². The number of nitrogens with one attached hydrogen (secondary N) is 2. The van der Waals surface area contributed by atoms with Gasteiger partial charge in [0.1, 0.15) is 0 Å². The quantitative estimate of drug-likeness (QED) is 0.0586. The van der Waals surface area contributed by atoms with Crippen LogP contribution in [-0.2, 0) is 25.0 Å². The van der Waals surface area contributed by atoms with Crippen molar-refractivity contribution < 1.29 is 50.5 Å². The molecular weight excluding hydrogens is 714 g/mol. The van der Waals surface area contributed by atoms with Gasteiger partial charge in [-0.2, -0.15) is 16.8 Å². The number of amides is 1. The van der Waals surface area contributed by atoms with E-state index in [-0.39, 0.29) is 16.9 Å². The van der Waals surface area contributed by atoms with Crippen LogP contribution in [0.25, 0.3) is 23.5 Å². The van der Waals surface area contributed by atoms with Gasteiger partial charge in [0, 0.05) is 13.1 Å². The van der Waals surface area contributed by atoms with Crippen LogP contribution in [-0.4, -0.2) is 91.6 Å². The number of aromatic carboxylic acids is 2. The Morgan fingerprint density at radius 1 is 0.686 bits per heavy atom. The summed E-state index contributed by atoms with van der Waals surface area (Å²) in [6, 6.07) is 8.51. The minimum absolute atomic E-state index is 0.000560. The first-order chi connectivity index (χ1) is 24.0. The average Bonchev–Trinajstić information content (AvgIpc) is 3.60. The van der Waals surface area contributed by atoms with Gasteiger partial charge in [-0.15, -0.1) is 5.73 Å². The Balaban J connectivity index is 1.62. The highest BCUT2D eigenvalue weighted by molar-refractivity contribution is 7.86. The van der Waals surface area contributed by atoms with E-state index >= 15 is 0 Å². The predicted octanol–water partition coefficient (Wildman–Crippen LogP) is 1.80. The maximum Gasteiger partial charge on any atom is 0.354 e. The number of carboxylic acid groups (broad SMARTS) is 2. The number of likely N-dealkylation sites (tertiary alicyclic amines) is 1. The Labute approximate surface area is 287 Å². The second-order valence-electron chi connectivity index (χ2n) is 11.0. The molecular formula is C31H27N5O13S2. The third-order valence-electron chi connectivity index (χ3n) is 7.73. The zero-order valence-corrected chi connectivity index (χ0v) is 27.6. The number of rotatable bonds is 10. The summed E-state index contributed by atoms with van der Waals surface area (Å²) in [5.74, 6) is -3.76. The Morgan fingerprint density at radius 3 is 1.55 bits per heavy atom. The maximum atomic E-state index is 13.6. The zero-order valence-electron chi connectivity index (χ0n) is 26.0. The van der Waals surface area contributed by atoms with Gasteiger partial charge in [0.15, 0.2) is 11.4 Å². The average molecular weight is 742 g/mol. The molecule has 0 atom stereocenters. The van der Waals surface area contributed by atoms with Crippen LogP contribution in [0.4, 0.5) is 0 Å². The molecule has 1 amide bonds. The molecule has 0 saturated carbocycles. The minimum Gasteiger partial charge on any atom is -0.477 e. The molecule has 0 unspecified atom stereocenters. The van der Waals surface area contributed by atoms with Gasteiger partial charge >= 0.3 is 11.9 Å². The first-order valence-electron chi connectivity index (χ1n) is 14.7. The van der Waals surface area contributed by atoms with Crippen LogP contribution in [0.2, 0.25) is 0 Å². The van der Waals surface area contributed by atoms with Gasteiger partial charge in [-0.25, -0.2) is 19.0 Å². The fourth-order valence-electron chi connectivity index (χ4n) is 5.18. The first-order valence-corrected chi connectivity index (χ1v) is 17.6. The number of benzene rings is 2. The highest BCUT2D eigenvalue weighted by Crippen LogP contribution is 2.18. The minimum atomic E-state index is -4.56. The van der Waals surface area contributed by atoms with Crippen molar-refractivity contribution in [1.82, 2.24) is 24.5 Å². The van der Waals surface area contributed by atoms with Crippen molar-refractivity contribution in [2.24, 2.45) is 0 Å². The Bertz CT molecular complexity index is 2490.